The molecular formula is C17H14FN3O3S. The van der Waals surface area contributed by atoms with Crippen LogP contribution in [0.15, 0.2) is 58.2 Å². The summed E-state index contributed by atoms with van der Waals surface area (Å²) in [4.78, 5) is 11.9. The third-order valence-corrected chi connectivity index (χ3v) is 4.00. The zero-order chi connectivity index (χ0) is 17.6. The first-order valence-corrected chi connectivity index (χ1v) is 8.29. The van der Waals surface area contributed by atoms with Crippen LogP contribution in [0.4, 0.5) is 10.1 Å². The van der Waals surface area contributed by atoms with Crippen LogP contribution in [0.5, 0.6) is 5.75 Å². The number of benzene rings is 2. The Kier molecular flexibility index (Phi) is 5.30. The molecule has 0 saturated heterocycles. The number of nitrogens with one attached hydrogen (secondary N) is 1. The molecule has 1 N–H and O–H groups in total. The van der Waals surface area contributed by atoms with Gasteiger partial charge in [-0.25, -0.2) is 4.39 Å². The largest absolute Gasteiger partial charge is 0.497 e. The lowest BCUT2D eigenvalue weighted by Crippen LogP contribution is -2.14. The molecule has 1 aromatic heterocycles. The van der Waals surface area contributed by atoms with Crippen LogP contribution >= 0.6 is 11.8 Å². The summed E-state index contributed by atoms with van der Waals surface area (Å²) >= 11 is 1.10. The Hall–Kier alpha value is -2.87. The molecule has 128 valence electrons. The molecule has 0 aliphatic rings. The number of halogens is 1. The van der Waals surface area contributed by atoms with E-state index in [1.165, 1.54) is 18.2 Å². The van der Waals surface area contributed by atoms with E-state index in [0.717, 1.165) is 23.1 Å². The Bertz CT molecular complexity index is 868. The number of hydrogen-bond donors (Lipinski definition) is 1. The van der Waals surface area contributed by atoms with Crippen molar-refractivity contribution in [2.24, 2.45) is 0 Å². The summed E-state index contributed by atoms with van der Waals surface area (Å²) in [5.74, 6) is 0.453. The highest BCUT2D eigenvalue weighted by Gasteiger charge is 2.11. The van der Waals surface area contributed by atoms with Crippen molar-refractivity contribution in [2.75, 3.05) is 18.2 Å². The molecule has 0 spiro atoms. The summed E-state index contributed by atoms with van der Waals surface area (Å²) in [5.41, 5.74) is 1.15. The van der Waals surface area contributed by atoms with Crippen LogP contribution in [-0.2, 0) is 4.79 Å². The van der Waals surface area contributed by atoms with Crippen molar-refractivity contribution in [3.05, 3.63) is 54.3 Å². The van der Waals surface area contributed by atoms with Gasteiger partial charge in [-0.15, -0.1) is 10.2 Å². The van der Waals surface area contributed by atoms with Gasteiger partial charge in [0.1, 0.15) is 11.6 Å². The summed E-state index contributed by atoms with van der Waals surface area (Å²) in [6, 6.07) is 12.9. The number of carbonyl (C=O) groups is 1. The van der Waals surface area contributed by atoms with Crippen molar-refractivity contribution in [3.8, 4) is 17.2 Å². The van der Waals surface area contributed by atoms with Gasteiger partial charge >= 0.3 is 0 Å². The normalized spacial score (nSPS) is 10.5. The van der Waals surface area contributed by atoms with Crippen LogP contribution in [0.3, 0.4) is 0 Å². The van der Waals surface area contributed by atoms with E-state index < -0.39 is 5.82 Å². The molecular weight excluding hydrogens is 345 g/mol. The molecule has 2 aromatic carbocycles. The second-order valence-corrected chi connectivity index (χ2v) is 5.88. The van der Waals surface area contributed by atoms with E-state index in [1.54, 1.807) is 37.4 Å². The van der Waals surface area contributed by atoms with Crippen LogP contribution in [0.1, 0.15) is 0 Å². The highest BCUT2D eigenvalue weighted by Crippen LogP contribution is 2.25. The molecule has 1 heterocycles. The second kappa shape index (κ2) is 7.80. The molecule has 0 saturated carbocycles. The predicted molar refractivity (Wildman–Crippen MR) is 92.0 cm³/mol. The molecule has 0 fully saturated rings. The first-order valence-electron chi connectivity index (χ1n) is 7.30. The summed E-state index contributed by atoms with van der Waals surface area (Å²) < 4.78 is 23.7. The average molecular weight is 359 g/mol. The van der Waals surface area contributed by atoms with Gasteiger partial charge in [-0.05, 0) is 42.5 Å². The average Bonchev–Trinajstić information content (AvgIpc) is 3.09. The van der Waals surface area contributed by atoms with Crippen LogP contribution in [-0.4, -0.2) is 29.0 Å². The number of carbonyl (C=O) groups excluding carboxylic acids is 1. The fourth-order valence-corrected chi connectivity index (χ4v) is 2.57. The zero-order valence-corrected chi connectivity index (χ0v) is 14.0. The molecule has 3 rings (SSSR count). The van der Waals surface area contributed by atoms with Gasteiger partial charge in [-0.2, -0.15) is 0 Å². The van der Waals surface area contributed by atoms with Gasteiger partial charge in [0.05, 0.1) is 12.9 Å². The van der Waals surface area contributed by atoms with Crippen molar-refractivity contribution < 1.29 is 18.3 Å². The lowest BCUT2D eigenvalue weighted by atomic mass is 10.2. The van der Waals surface area contributed by atoms with Crippen molar-refractivity contribution in [2.45, 2.75) is 5.22 Å². The zero-order valence-electron chi connectivity index (χ0n) is 13.2. The fraction of sp³-hybridized carbons (Fsp3) is 0.118. The first-order chi connectivity index (χ1) is 12.1. The van der Waals surface area contributed by atoms with Crippen LogP contribution in [0, 0.1) is 5.82 Å². The minimum atomic E-state index is -0.411. The van der Waals surface area contributed by atoms with Gasteiger partial charge in [-0.1, -0.05) is 17.8 Å². The van der Waals surface area contributed by atoms with Gasteiger partial charge in [-0.3, -0.25) is 4.79 Å². The maximum absolute atomic E-state index is 13.1. The fourth-order valence-electron chi connectivity index (χ4n) is 2.01. The van der Waals surface area contributed by atoms with Crippen LogP contribution in [0.2, 0.25) is 0 Å². The highest BCUT2D eigenvalue weighted by molar-refractivity contribution is 7.99. The third kappa shape index (κ3) is 4.57. The van der Waals surface area contributed by atoms with E-state index in [-0.39, 0.29) is 16.9 Å². The number of amides is 1. The summed E-state index contributed by atoms with van der Waals surface area (Å²) in [5, 5.41) is 10.7. The number of ether oxygens (including phenoxy) is 1. The number of hydrogen-bond acceptors (Lipinski definition) is 6. The topological polar surface area (TPSA) is 77.2 Å². The minimum Gasteiger partial charge on any atom is -0.497 e. The molecule has 6 nitrogen and oxygen atoms in total. The maximum Gasteiger partial charge on any atom is 0.277 e. The number of aromatic nitrogens is 2. The Labute approximate surface area is 147 Å². The quantitative estimate of drug-likeness (QED) is 0.678. The van der Waals surface area contributed by atoms with Gasteiger partial charge in [0.2, 0.25) is 11.8 Å². The monoisotopic (exact) mass is 359 g/mol. The predicted octanol–water partition coefficient (Wildman–Crippen LogP) is 3.62. The van der Waals surface area contributed by atoms with Crippen LogP contribution in [0.25, 0.3) is 11.5 Å². The minimum absolute atomic E-state index is 0.0702. The Balaban J connectivity index is 1.56. The number of methoxy groups -OCH3 is 1. The standard InChI is InChI=1S/C17H14FN3O3S/c1-23-14-7-5-11(6-8-14)16-20-21-17(24-16)25-10-15(22)19-13-4-2-3-12(18)9-13/h2-9H,10H2,1H3,(H,19,22). The number of thioether (sulfide) groups is 1. The Morgan fingerprint density at radius 3 is 2.76 bits per heavy atom. The third-order valence-electron chi connectivity index (χ3n) is 3.18. The van der Waals surface area contributed by atoms with Crippen LogP contribution < -0.4 is 10.1 Å². The molecule has 0 unspecified atom stereocenters. The van der Waals surface area contributed by atoms with Gasteiger partial charge in [0, 0.05) is 11.3 Å². The molecule has 1 amide bonds. The van der Waals surface area contributed by atoms with E-state index in [0.29, 0.717) is 11.6 Å². The smallest absolute Gasteiger partial charge is 0.277 e. The molecule has 0 radical (unpaired) electrons. The number of anilines is 1. The number of rotatable bonds is 6. The van der Waals surface area contributed by atoms with Gasteiger partial charge < -0.3 is 14.5 Å². The Morgan fingerprint density at radius 1 is 1.24 bits per heavy atom. The van der Waals surface area contributed by atoms with E-state index in [4.69, 9.17) is 9.15 Å². The van der Waals surface area contributed by atoms with Gasteiger partial charge in [0.15, 0.2) is 0 Å². The van der Waals surface area contributed by atoms with Crippen molar-refractivity contribution in [1.29, 1.82) is 0 Å². The van der Waals surface area contributed by atoms with E-state index in [1.807, 2.05) is 0 Å². The lowest BCUT2D eigenvalue weighted by Gasteiger charge is -2.03. The van der Waals surface area contributed by atoms with Crippen molar-refractivity contribution in [3.63, 3.8) is 0 Å². The second-order valence-electron chi connectivity index (χ2n) is 4.95. The Morgan fingerprint density at radius 2 is 2.04 bits per heavy atom. The van der Waals surface area contributed by atoms with E-state index in [9.17, 15) is 9.18 Å². The van der Waals surface area contributed by atoms with Gasteiger partial charge in [0.25, 0.3) is 5.22 Å². The first kappa shape index (κ1) is 17.0. The van der Waals surface area contributed by atoms with Crippen molar-refractivity contribution >= 4 is 23.4 Å². The molecule has 0 aliphatic heterocycles. The molecule has 3 aromatic rings. The van der Waals surface area contributed by atoms with E-state index in [2.05, 4.69) is 15.5 Å². The molecule has 0 atom stereocenters. The summed E-state index contributed by atoms with van der Waals surface area (Å²) in [6.07, 6.45) is 0. The van der Waals surface area contributed by atoms with E-state index >= 15 is 0 Å². The van der Waals surface area contributed by atoms with Crippen molar-refractivity contribution in [1.82, 2.24) is 10.2 Å². The highest BCUT2D eigenvalue weighted by atomic mass is 32.2. The summed E-state index contributed by atoms with van der Waals surface area (Å²) in [6.45, 7) is 0. The molecule has 0 aliphatic carbocycles. The maximum atomic E-state index is 13.1. The lowest BCUT2D eigenvalue weighted by molar-refractivity contribution is -0.113. The molecule has 25 heavy (non-hydrogen) atoms. The summed E-state index contributed by atoms with van der Waals surface area (Å²) in [7, 11) is 1.59. The molecule has 0 bridgehead atoms. The SMILES string of the molecule is COc1ccc(-c2nnc(SCC(=O)Nc3cccc(F)c3)o2)cc1. The molecule has 8 heteroatoms. The number of nitrogens with zero attached hydrogens (tertiary/aromatic N) is 2.